The van der Waals surface area contributed by atoms with E-state index in [2.05, 4.69) is 20.8 Å². The van der Waals surface area contributed by atoms with Crippen LogP contribution in [0, 0.1) is 40.4 Å². The maximum Gasteiger partial charge on any atom is 0.305 e. The molecule has 0 aromatic heterocycles. The number of carbonyl (C=O) groups excluding carboxylic acids is 1. The minimum Gasteiger partial charge on any atom is -0.469 e. The highest BCUT2D eigenvalue weighted by Gasteiger charge is 2.64. The van der Waals surface area contributed by atoms with Crippen molar-refractivity contribution >= 4 is 5.97 Å². The molecule has 4 rings (SSSR count). The van der Waals surface area contributed by atoms with Gasteiger partial charge in [-0.05, 0) is 98.2 Å². The van der Waals surface area contributed by atoms with Gasteiger partial charge in [-0.15, -0.1) is 0 Å². The molecule has 4 heteroatoms. The second-order valence-electron chi connectivity index (χ2n) is 11.6. The summed E-state index contributed by atoms with van der Waals surface area (Å²) in [6.07, 6.45) is 10.6. The number of rotatable bonds is 4. The third kappa shape index (κ3) is 3.28. The lowest BCUT2D eigenvalue weighted by molar-refractivity contribution is -0.220. The van der Waals surface area contributed by atoms with Gasteiger partial charge < -0.3 is 14.9 Å². The molecule has 4 nitrogen and oxygen atoms in total. The van der Waals surface area contributed by atoms with Gasteiger partial charge in [-0.1, -0.05) is 20.8 Å². The summed E-state index contributed by atoms with van der Waals surface area (Å²) in [4.78, 5) is 11.6. The van der Waals surface area contributed by atoms with Crippen molar-refractivity contribution in [2.24, 2.45) is 40.4 Å². The van der Waals surface area contributed by atoms with Crippen LogP contribution in [0.2, 0.25) is 0 Å². The summed E-state index contributed by atoms with van der Waals surface area (Å²) in [5.41, 5.74) is -0.340. The quantitative estimate of drug-likeness (QED) is 0.664. The largest absolute Gasteiger partial charge is 0.469 e. The summed E-state index contributed by atoms with van der Waals surface area (Å²) < 4.78 is 4.86. The van der Waals surface area contributed by atoms with Gasteiger partial charge in [0.05, 0.1) is 18.8 Å². The molecule has 4 aliphatic rings. The summed E-state index contributed by atoms with van der Waals surface area (Å²) in [5.74, 6) is 3.23. The van der Waals surface area contributed by atoms with Gasteiger partial charge in [-0.25, -0.2) is 0 Å². The summed E-state index contributed by atoms with van der Waals surface area (Å²) in [6.45, 7) is 7.22. The Bertz CT molecular complexity index is 634. The van der Waals surface area contributed by atoms with Crippen molar-refractivity contribution < 1.29 is 19.7 Å². The Morgan fingerprint density at radius 3 is 2.55 bits per heavy atom. The van der Waals surface area contributed by atoms with Gasteiger partial charge in [0.25, 0.3) is 0 Å². The Morgan fingerprint density at radius 2 is 1.83 bits per heavy atom. The molecule has 166 valence electrons. The first-order valence-electron chi connectivity index (χ1n) is 12.1. The van der Waals surface area contributed by atoms with Crippen LogP contribution in [0.5, 0.6) is 0 Å². The third-order valence-corrected chi connectivity index (χ3v) is 10.6. The van der Waals surface area contributed by atoms with Crippen LogP contribution < -0.4 is 0 Å². The SMILES string of the molecule is COC(=O)CC[C@@H](C)[C@H]1CC[C@H]2[C@@H]3CC[C@]4(O)C[C@H](O)CC[C@]4(C)[C@H]3CC[C@]12C. The predicted molar refractivity (Wildman–Crippen MR) is 113 cm³/mol. The predicted octanol–water partition coefficient (Wildman–Crippen LogP) is 4.71. The zero-order chi connectivity index (χ0) is 21.0. The first-order chi connectivity index (χ1) is 13.6. The van der Waals surface area contributed by atoms with Gasteiger partial charge >= 0.3 is 5.97 Å². The number of aliphatic hydroxyl groups excluding tert-OH is 1. The van der Waals surface area contributed by atoms with Crippen molar-refractivity contribution in [1.82, 2.24) is 0 Å². The Labute approximate surface area is 176 Å². The molecule has 0 heterocycles. The molecule has 0 spiro atoms. The zero-order valence-electron chi connectivity index (χ0n) is 19.0. The lowest BCUT2D eigenvalue weighted by Gasteiger charge is -2.64. The highest BCUT2D eigenvalue weighted by atomic mass is 16.5. The van der Waals surface area contributed by atoms with Crippen LogP contribution in [0.1, 0.15) is 91.4 Å². The Hall–Kier alpha value is -0.610. The summed E-state index contributed by atoms with van der Waals surface area (Å²) >= 11 is 0. The van der Waals surface area contributed by atoms with Crippen molar-refractivity contribution in [1.29, 1.82) is 0 Å². The van der Waals surface area contributed by atoms with E-state index in [0.29, 0.717) is 41.9 Å². The lowest BCUT2D eigenvalue weighted by atomic mass is 9.43. The minimum absolute atomic E-state index is 0.0366. The van der Waals surface area contributed by atoms with Crippen molar-refractivity contribution in [2.75, 3.05) is 7.11 Å². The monoisotopic (exact) mass is 406 g/mol. The smallest absolute Gasteiger partial charge is 0.305 e. The Morgan fingerprint density at radius 1 is 1.07 bits per heavy atom. The number of carbonyl (C=O) groups is 1. The Balaban J connectivity index is 1.51. The number of esters is 1. The van der Waals surface area contributed by atoms with E-state index in [1.807, 2.05) is 0 Å². The number of fused-ring (bicyclic) bond motifs is 5. The molecule has 4 aliphatic carbocycles. The first kappa shape index (κ1) is 21.6. The number of ether oxygens (including phenoxy) is 1. The molecule has 4 saturated carbocycles. The van der Waals surface area contributed by atoms with E-state index in [-0.39, 0.29) is 17.5 Å². The van der Waals surface area contributed by atoms with Gasteiger partial charge in [0.15, 0.2) is 0 Å². The van der Waals surface area contributed by atoms with Crippen molar-refractivity contribution in [3.05, 3.63) is 0 Å². The fraction of sp³-hybridized carbons (Fsp3) is 0.960. The Kier molecular flexibility index (Phi) is 5.60. The third-order valence-electron chi connectivity index (χ3n) is 10.6. The molecule has 9 atom stereocenters. The van der Waals surface area contributed by atoms with Gasteiger partial charge in [0.1, 0.15) is 0 Å². The summed E-state index contributed by atoms with van der Waals surface area (Å²) in [5, 5.41) is 21.8. The van der Waals surface area contributed by atoms with E-state index in [9.17, 15) is 15.0 Å². The van der Waals surface area contributed by atoms with Crippen LogP contribution in [0.25, 0.3) is 0 Å². The molecule has 29 heavy (non-hydrogen) atoms. The summed E-state index contributed by atoms with van der Waals surface area (Å²) in [7, 11) is 1.48. The van der Waals surface area contributed by atoms with E-state index in [4.69, 9.17) is 4.74 Å². The molecule has 0 amide bonds. The molecule has 2 N–H and O–H groups in total. The molecule has 0 aromatic rings. The number of hydrogen-bond donors (Lipinski definition) is 2. The highest BCUT2D eigenvalue weighted by Crippen LogP contribution is 2.69. The van der Waals surface area contributed by atoms with E-state index in [0.717, 1.165) is 38.0 Å². The van der Waals surface area contributed by atoms with Crippen LogP contribution in [-0.4, -0.2) is 35.0 Å². The van der Waals surface area contributed by atoms with Gasteiger partial charge in [-0.2, -0.15) is 0 Å². The number of methoxy groups -OCH3 is 1. The van der Waals surface area contributed by atoms with Crippen molar-refractivity contribution in [3.8, 4) is 0 Å². The van der Waals surface area contributed by atoms with Crippen molar-refractivity contribution in [2.45, 2.75) is 103 Å². The normalized spacial score (nSPS) is 50.2. The fourth-order valence-electron chi connectivity index (χ4n) is 8.85. The van der Waals surface area contributed by atoms with E-state index < -0.39 is 5.60 Å². The molecule has 0 aromatic carbocycles. The summed E-state index contributed by atoms with van der Waals surface area (Å²) in [6, 6.07) is 0. The lowest BCUT2D eigenvalue weighted by Crippen LogP contribution is -2.62. The maximum absolute atomic E-state index is 11.6. The molecule has 0 saturated heterocycles. The number of hydrogen-bond acceptors (Lipinski definition) is 4. The second-order valence-corrected chi connectivity index (χ2v) is 11.6. The fourth-order valence-corrected chi connectivity index (χ4v) is 8.85. The van der Waals surface area contributed by atoms with Crippen LogP contribution in [0.15, 0.2) is 0 Å². The second kappa shape index (κ2) is 7.51. The number of aliphatic hydroxyl groups is 2. The van der Waals surface area contributed by atoms with Crippen LogP contribution in [-0.2, 0) is 9.53 Å². The molecular formula is C25H42O4. The van der Waals surface area contributed by atoms with Crippen LogP contribution >= 0.6 is 0 Å². The maximum atomic E-state index is 11.6. The van der Waals surface area contributed by atoms with Crippen molar-refractivity contribution in [3.63, 3.8) is 0 Å². The topological polar surface area (TPSA) is 66.8 Å². The van der Waals surface area contributed by atoms with Gasteiger partial charge in [0, 0.05) is 12.8 Å². The molecule has 4 fully saturated rings. The standard InChI is InChI=1S/C25H42O4/c1-16(5-8-22(27)29-4)19-6-7-20-18-10-14-25(28)15-17(26)9-13-24(25,3)21(18)11-12-23(19,20)2/h16-21,26,28H,5-15H2,1-4H3/t16-,17-,18+,19-,20+,21+,23-,24-,25+/m1/s1. The molecule has 0 unspecified atom stereocenters. The van der Waals surface area contributed by atoms with Crippen LogP contribution in [0.3, 0.4) is 0 Å². The van der Waals surface area contributed by atoms with Gasteiger partial charge in [-0.3, -0.25) is 4.79 Å². The highest BCUT2D eigenvalue weighted by molar-refractivity contribution is 5.69. The average Bonchev–Trinajstić information content (AvgIpc) is 3.04. The first-order valence-corrected chi connectivity index (χ1v) is 12.1. The molecule has 0 aliphatic heterocycles. The van der Waals surface area contributed by atoms with Crippen LogP contribution in [0.4, 0.5) is 0 Å². The zero-order valence-corrected chi connectivity index (χ0v) is 19.0. The molecular weight excluding hydrogens is 364 g/mol. The van der Waals surface area contributed by atoms with E-state index in [1.165, 1.54) is 32.8 Å². The van der Waals surface area contributed by atoms with Gasteiger partial charge in [0.2, 0.25) is 0 Å². The van der Waals surface area contributed by atoms with E-state index in [1.54, 1.807) is 0 Å². The van der Waals surface area contributed by atoms with E-state index >= 15 is 0 Å². The minimum atomic E-state index is -0.675. The average molecular weight is 407 g/mol. The molecule has 0 radical (unpaired) electrons. The molecule has 0 bridgehead atoms.